The van der Waals surface area contributed by atoms with Crippen molar-refractivity contribution >= 4 is 18.0 Å². The molecule has 1 unspecified atom stereocenters. The number of aryl methyl sites for hydroxylation is 1. The van der Waals surface area contributed by atoms with Crippen LogP contribution in [0.5, 0.6) is 11.5 Å². The fourth-order valence-electron chi connectivity index (χ4n) is 2.85. The molecule has 0 saturated carbocycles. The third-order valence-electron chi connectivity index (χ3n) is 4.51. The van der Waals surface area contributed by atoms with E-state index >= 15 is 0 Å². The van der Waals surface area contributed by atoms with Crippen molar-refractivity contribution in [2.24, 2.45) is 11.0 Å². The van der Waals surface area contributed by atoms with Crippen molar-refractivity contribution in [3.63, 3.8) is 0 Å². The van der Waals surface area contributed by atoms with Gasteiger partial charge in [0.1, 0.15) is 6.04 Å². The first-order valence-corrected chi connectivity index (χ1v) is 10.5. The number of carbonyl (C=O) groups excluding carboxylic acids is 2. The van der Waals surface area contributed by atoms with E-state index in [0.29, 0.717) is 30.3 Å². The van der Waals surface area contributed by atoms with Gasteiger partial charge in [0.05, 0.1) is 19.4 Å². The molecule has 0 aliphatic rings. The molecule has 31 heavy (non-hydrogen) atoms. The highest BCUT2D eigenvalue weighted by atomic mass is 16.5. The Balaban J connectivity index is 2.04. The second-order valence-electron chi connectivity index (χ2n) is 7.37. The molecule has 7 heteroatoms. The zero-order valence-corrected chi connectivity index (χ0v) is 18.8. The lowest BCUT2D eigenvalue weighted by atomic mass is 10.0. The van der Waals surface area contributed by atoms with Gasteiger partial charge >= 0.3 is 0 Å². The highest BCUT2D eigenvalue weighted by Crippen LogP contribution is 2.27. The third-order valence-corrected chi connectivity index (χ3v) is 4.51. The lowest BCUT2D eigenvalue weighted by Gasteiger charge is -2.20. The van der Waals surface area contributed by atoms with Gasteiger partial charge in [0.2, 0.25) is 0 Å². The quantitative estimate of drug-likeness (QED) is 0.449. The van der Waals surface area contributed by atoms with Gasteiger partial charge < -0.3 is 14.8 Å². The number of hydrogen-bond acceptors (Lipinski definition) is 5. The zero-order valence-electron chi connectivity index (χ0n) is 18.8. The number of benzene rings is 2. The van der Waals surface area contributed by atoms with Gasteiger partial charge in [0.25, 0.3) is 11.8 Å². The van der Waals surface area contributed by atoms with Gasteiger partial charge in [-0.25, -0.2) is 5.43 Å². The van der Waals surface area contributed by atoms with Crippen molar-refractivity contribution in [2.45, 2.75) is 40.7 Å². The van der Waals surface area contributed by atoms with Gasteiger partial charge in [-0.1, -0.05) is 31.5 Å². The molecule has 166 valence electrons. The third kappa shape index (κ3) is 7.13. The summed E-state index contributed by atoms with van der Waals surface area (Å²) in [6, 6.07) is 11.9. The molecule has 2 aromatic carbocycles. The number of carbonyl (C=O) groups is 2. The van der Waals surface area contributed by atoms with Crippen molar-refractivity contribution < 1.29 is 19.1 Å². The van der Waals surface area contributed by atoms with Crippen molar-refractivity contribution in [1.82, 2.24) is 10.7 Å². The SMILES string of the molecule is CCOc1ccc(C=NNC(=O)C(NC(=O)c2ccc(C)cc2)C(C)C)cc1OCC. The van der Waals surface area contributed by atoms with Crippen LogP contribution in [0.15, 0.2) is 47.6 Å². The van der Waals surface area contributed by atoms with Crippen molar-refractivity contribution in [2.75, 3.05) is 13.2 Å². The molecule has 0 radical (unpaired) electrons. The van der Waals surface area contributed by atoms with Gasteiger partial charge in [-0.05, 0) is 62.6 Å². The molecule has 0 spiro atoms. The lowest BCUT2D eigenvalue weighted by Crippen LogP contribution is -2.48. The summed E-state index contributed by atoms with van der Waals surface area (Å²) in [6.45, 7) is 10.5. The van der Waals surface area contributed by atoms with Crippen LogP contribution in [0.1, 0.15) is 49.2 Å². The van der Waals surface area contributed by atoms with Gasteiger partial charge in [0, 0.05) is 5.56 Å². The number of rotatable bonds is 10. The number of ether oxygens (including phenoxy) is 2. The van der Waals surface area contributed by atoms with Crippen LogP contribution in [0, 0.1) is 12.8 Å². The van der Waals surface area contributed by atoms with Crippen LogP contribution in [0.3, 0.4) is 0 Å². The Morgan fingerprint density at radius 1 is 1.00 bits per heavy atom. The predicted molar refractivity (Wildman–Crippen MR) is 122 cm³/mol. The maximum Gasteiger partial charge on any atom is 0.262 e. The first kappa shape index (κ1) is 23.9. The zero-order chi connectivity index (χ0) is 22.8. The van der Waals surface area contributed by atoms with E-state index in [2.05, 4.69) is 15.8 Å². The standard InChI is InChI=1S/C24H31N3O4/c1-6-30-20-13-10-18(14-21(20)31-7-2)15-25-27-24(29)22(16(3)4)26-23(28)19-11-8-17(5)9-12-19/h8-16,22H,6-7H2,1-5H3,(H,26,28)(H,27,29). The van der Waals surface area contributed by atoms with Crippen LogP contribution >= 0.6 is 0 Å². The molecule has 0 fully saturated rings. The highest BCUT2D eigenvalue weighted by Gasteiger charge is 2.24. The molecule has 2 amide bonds. The van der Waals surface area contributed by atoms with E-state index in [1.807, 2.05) is 52.8 Å². The average molecular weight is 426 g/mol. The number of nitrogens with one attached hydrogen (secondary N) is 2. The molecule has 0 aliphatic heterocycles. The lowest BCUT2D eigenvalue weighted by molar-refractivity contribution is -0.123. The maximum absolute atomic E-state index is 12.6. The van der Waals surface area contributed by atoms with Crippen LogP contribution in [0.25, 0.3) is 0 Å². The summed E-state index contributed by atoms with van der Waals surface area (Å²) < 4.78 is 11.1. The molecule has 0 saturated heterocycles. The van der Waals surface area contributed by atoms with Gasteiger partial charge in [-0.3, -0.25) is 9.59 Å². The maximum atomic E-state index is 12.6. The number of hydrazone groups is 1. The highest BCUT2D eigenvalue weighted by molar-refractivity contribution is 5.97. The summed E-state index contributed by atoms with van der Waals surface area (Å²) in [5.41, 5.74) is 4.83. The fourth-order valence-corrected chi connectivity index (χ4v) is 2.85. The van der Waals surface area contributed by atoms with Gasteiger partial charge in [0.15, 0.2) is 11.5 Å². The molecule has 0 aliphatic carbocycles. The Morgan fingerprint density at radius 2 is 1.65 bits per heavy atom. The number of hydrogen-bond donors (Lipinski definition) is 2. The molecule has 1 atom stereocenters. The Bertz CT molecular complexity index is 908. The summed E-state index contributed by atoms with van der Waals surface area (Å²) in [4.78, 5) is 25.1. The van der Waals surface area contributed by atoms with Gasteiger partial charge in [-0.15, -0.1) is 0 Å². The summed E-state index contributed by atoms with van der Waals surface area (Å²) in [7, 11) is 0. The fraction of sp³-hybridized carbons (Fsp3) is 0.375. The van der Waals surface area contributed by atoms with Crippen molar-refractivity contribution in [1.29, 1.82) is 0 Å². The monoisotopic (exact) mass is 425 g/mol. The summed E-state index contributed by atoms with van der Waals surface area (Å²) in [5, 5.41) is 6.83. The minimum Gasteiger partial charge on any atom is -0.490 e. The second kappa shape index (κ2) is 11.7. The van der Waals surface area contributed by atoms with E-state index in [9.17, 15) is 9.59 Å². The second-order valence-corrected chi connectivity index (χ2v) is 7.37. The smallest absolute Gasteiger partial charge is 0.262 e. The van der Waals surface area contributed by atoms with Crippen LogP contribution in [0.4, 0.5) is 0 Å². The topological polar surface area (TPSA) is 89.0 Å². The molecule has 7 nitrogen and oxygen atoms in total. The Labute approximate surface area is 183 Å². The first-order valence-electron chi connectivity index (χ1n) is 10.5. The molecular formula is C24H31N3O4. The van der Waals surface area contributed by atoms with Crippen molar-refractivity contribution in [3.05, 3.63) is 59.2 Å². The molecule has 0 bridgehead atoms. The molecule has 2 N–H and O–H groups in total. The Morgan fingerprint density at radius 3 is 2.26 bits per heavy atom. The van der Waals surface area contributed by atoms with E-state index in [1.165, 1.54) is 6.21 Å². The summed E-state index contributed by atoms with van der Waals surface area (Å²) in [6.07, 6.45) is 1.52. The first-order chi connectivity index (χ1) is 14.8. The van der Waals surface area contributed by atoms with E-state index < -0.39 is 6.04 Å². The average Bonchev–Trinajstić information content (AvgIpc) is 2.74. The predicted octanol–water partition coefficient (Wildman–Crippen LogP) is 3.70. The van der Waals surface area contributed by atoms with Crippen molar-refractivity contribution in [3.8, 4) is 11.5 Å². The largest absolute Gasteiger partial charge is 0.490 e. The van der Waals surface area contributed by atoms with E-state index in [4.69, 9.17) is 9.47 Å². The number of nitrogens with zero attached hydrogens (tertiary/aromatic N) is 1. The van der Waals surface area contributed by atoms with E-state index in [1.54, 1.807) is 24.3 Å². The van der Waals surface area contributed by atoms with Crippen LogP contribution in [-0.4, -0.2) is 37.3 Å². The Hall–Kier alpha value is -3.35. The van der Waals surface area contributed by atoms with E-state index in [0.717, 1.165) is 11.1 Å². The van der Waals surface area contributed by atoms with Crippen LogP contribution in [0.2, 0.25) is 0 Å². The Kier molecular flexibility index (Phi) is 9.06. The summed E-state index contributed by atoms with van der Waals surface area (Å²) in [5.74, 6) is 0.474. The van der Waals surface area contributed by atoms with E-state index in [-0.39, 0.29) is 17.7 Å². The minimum absolute atomic E-state index is 0.111. The summed E-state index contributed by atoms with van der Waals surface area (Å²) >= 11 is 0. The molecular weight excluding hydrogens is 394 g/mol. The normalized spacial score (nSPS) is 11.9. The molecule has 2 aromatic rings. The van der Waals surface area contributed by atoms with Gasteiger partial charge in [-0.2, -0.15) is 5.10 Å². The number of amides is 2. The van der Waals surface area contributed by atoms with Crippen LogP contribution < -0.4 is 20.2 Å². The molecule has 0 heterocycles. The molecule has 2 rings (SSSR count). The molecule has 0 aromatic heterocycles. The minimum atomic E-state index is -0.717. The van der Waals surface area contributed by atoms with Crippen LogP contribution in [-0.2, 0) is 4.79 Å².